The van der Waals surface area contributed by atoms with E-state index in [9.17, 15) is 25.2 Å². The Morgan fingerprint density at radius 2 is 1.48 bits per heavy atom. The number of hydrogen-bond acceptors (Lipinski definition) is 6. The third-order valence-electron chi connectivity index (χ3n) is 3.07. The maximum atomic E-state index is 11.6. The molecule has 120 valence electrons. The fourth-order valence-electron chi connectivity index (χ4n) is 1.98. The molecule has 0 aliphatic carbocycles. The van der Waals surface area contributed by atoms with Crippen molar-refractivity contribution in [1.29, 1.82) is 0 Å². The number of aromatic hydroxyl groups is 4. The molecule has 0 amide bonds. The summed E-state index contributed by atoms with van der Waals surface area (Å²) in [6.07, 6.45) is 3.18. The number of phenols is 4. The maximum absolute atomic E-state index is 11.6. The predicted molar refractivity (Wildman–Crippen MR) is 84.4 cm³/mol. The van der Waals surface area contributed by atoms with Gasteiger partial charge in [0.2, 0.25) is 0 Å². The van der Waals surface area contributed by atoms with Gasteiger partial charge >= 0.3 is 5.97 Å². The average molecular weight is 316 g/mol. The van der Waals surface area contributed by atoms with Gasteiger partial charge in [-0.25, -0.2) is 4.79 Å². The van der Waals surface area contributed by atoms with E-state index < -0.39 is 17.5 Å². The third kappa shape index (κ3) is 3.74. The lowest BCUT2D eigenvalue weighted by Crippen LogP contribution is -2.05. The average Bonchev–Trinajstić information content (AvgIpc) is 2.48. The first-order chi connectivity index (χ1) is 10.9. The van der Waals surface area contributed by atoms with E-state index in [0.717, 1.165) is 0 Å². The van der Waals surface area contributed by atoms with Gasteiger partial charge in [0.15, 0.2) is 11.5 Å². The highest BCUT2D eigenvalue weighted by Gasteiger charge is 2.18. The van der Waals surface area contributed by atoms with E-state index in [2.05, 4.69) is 0 Å². The number of benzene rings is 2. The quantitative estimate of drug-likeness (QED) is 0.392. The number of rotatable bonds is 4. The Kier molecular flexibility index (Phi) is 4.75. The summed E-state index contributed by atoms with van der Waals surface area (Å²) in [4.78, 5) is 11.6. The van der Waals surface area contributed by atoms with E-state index in [4.69, 9.17) is 4.74 Å². The molecule has 0 heterocycles. The summed E-state index contributed by atoms with van der Waals surface area (Å²) in [5, 5.41) is 38.4. The van der Waals surface area contributed by atoms with Crippen molar-refractivity contribution in [3.63, 3.8) is 0 Å². The summed E-state index contributed by atoms with van der Waals surface area (Å²) >= 11 is 0. The molecule has 6 nitrogen and oxygen atoms in total. The molecule has 0 aromatic heterocycles. The molecule has 0 spiro atoms. The Labute approximate surface area is 132 Å². The van der Waals surface area contributed by atoms with E-state index in [1.165, 1.54) is 24.3 Å². The minimum absolute atomic E-state index is 0.129. The standard InChI is InChI=1S/C17H16O6/c1-2-23-17(22)16-14(20)8-11(9-15(16)21)4-3-10-5-6-12(18)13(19)7-10/h3-9,18-21H,2H2,1H3/b4-3+. The van der Waals surface area contributed by atoms with Crippen LogP contribution in [0.25, 0.3) is 12.2 Å². The summed E-state index contributed by atoms with van der Waals surface area (Å²) in [5.41, 5.74) is 0.764. The zero-order valence-electron chi connectivity index (χ0n) is 12.4. The van der Waals surface area contributed by atoms with Gasteiger partial charge in [-0.2, -0.15) is 0 Å². The highest BCUT2D eigenvalue weighted by molar-refractivity contribution is 5.96. The van der Waals surface area contributed by atoms with E-state index in [-0.39, 0.29) is 23.7 Å². The van der Waals surface area contributed by atoms with Crippen LogP contribution in [-0.4, -0.2) is 33.0 Å². The molecule has 0 aliphatic rings. The predicted octanol–water partition coefficient (Wildman–Crippen LogP) is 2.86. The number of hydrogen-bond donors (Lipinski definition) is 4. The molecule has 2 aromatic carbocycles. The smallest absolute Gasteiger partial charge is 0.345 e. The van der Waals surface area contributed by atoms with Crippen LogP contribution in [0.5, 0.6) is 23.0 Å². The topological polar surface area (TPSA) is 107 Å². The molecule has 23 heavy (non-hydrogen) atoms. The van der Waals surface area contributed by atoms with Gasteiger partial charge in [0, 0.05) is 0 Å². The fourth-order valence-corrected chi connectivity index (χ4v) is 1.98. The highest BCUT2D eigenvalue weighted by atomic mass is 16.5. The monoisotopic (exact) mass is 316 g/mol. The van der Waals surface area contributed by atoms with Gasteiger partial charge in [-0.3, -0.25) is 0 Å². The first-order valence-corrected chi connectivity index (χ1v) is 6.85. The van der Waals surface area contributed by atoms with E-state index in [1.54, 1.807) is 25.1 Å². The molecule has 0 aliphatic heterocycles. The van der Waals surface area contributed by atoms with Crippen molar-refractivity contribution in [3.8, 4) is 23.0 Å². The first-order valence-electron chi connectivity index (χ1n) is 6.85. The second kappa shape index (κ2) is 6.74. The highest BCUT2D eigenvalue weighted by Crippen LogP contribution is 2.31. The van der Waals surface area contributed by atoms with Gasteiger partial charge in [-0.15, -0.1) is 0 Å². The number of ether oxygens (including phenoxy) is 1. The molecular formula is C17H16O6. The maximum Gasteiger partial charge on any atom is 0.345 e. The Hall–Kier alpha value is -3.15. The molecule has 2 aromatic rings. The van der Waals surface area contributed by atoms with Crippen LogP contribution in [0.2, 0.25) is 0 Å². The first kappa shape index (κ1) is 16.2. The van der Waals surface area contributed by atoms with Crippen molar-refractivity contribution < 1.29 is 30.0 Å². The largest absolute Gasteiger partial charge is 0.507 e. The second-order valence-corrected chi connectivity index (χ2v) is 4.74. The van der Waals surface area contributed by atoms with Crippen molar-refractivity contribution in [2.75, 3.05) is 6.61 Å². The van der Waals surface area contributed by atoms with Gasteiger partial charge in [0.05, 0.1) is 6.61 Å². The van der Waals surface area contributed by atoms with Gasteiger partial charge in [-0.1, -0.05) is 18.2 Å². The van der Waals surface area contributed by atoms with Crippen molar-refractivity contribution in [1.82, 2.24) is 0 Å². The van der Waals surface area contributed by atoms with E-state index in [0.29, 0.717) is 11.1 Å². The summed E-state index contributed by atoms with van der Waals surface area (Å²) in [6, 6.07) is 6.90. The number of esters is 1. The van der Waals surface area contributed by atoms with Crippen LogP contribution in [0.4, 0.5) is 0 Å². The summed E-state index contributed by atoms with van der Waals surface area (Å²) in [5.74, 6) is -2.07. The lowest BCUT2D eigenvalue weighted by molar-refractivity contribution is 0.0519. The van der Waals surface area contributed by atoms with Crippen LogP contribution < -0.4 is 0 Å². The number of phenolic OH excluding ortho intramolecular Hbond substituents is 4. The summed E-state index contributed by atoms with van der Waals surface area (Å²) in [7, 11) is 0. The fraction of sp³-hybridized carbons (Fsp3) is 0.118. The molecule has 0 bridgehead atoms. The lowest BCUT2D eigenvalue weighted by atomic mass is 10.1. The molecule has 0 saturated heterocycles. The van der Waals surface area contributed by atoms with Gasteiger partial charge in [0.1, 0.15) is 17.1 Å². The Balaban J connectivity index is 2.29. The van der Waals surface area contributed by atoms with Gasteiger partial charge < -0.3 is 25.2 Å². The third-order valence-corrected chi connectivity index (χ3v) is 3.07. The molecule has 0 atom stereocenters. The van der Waals surface area contributed by atoms with Crippen LogP contribution in [0, 0.1) is 0 Å². The SMILES string of the molecule is CCOC(=O)c1c(O)cc(/C=C/c2ccc(O)c(O)c2)cc1O. The van der Waals surface area contributed by atoms with Crippen molar-refractivity contribution in [2.24, 2.45) is 0 Å². The van der Waals surface area contributed by atoms with Gasteiger partial charge in [-0.05, 0) is 42.3 Å². The molecule has 0 saturated carbocycles. The van der Waals surface area contributed by atoms with E-state index >= 15 is 0 Å². The zero-order chi connectivity index (χ0) is 17.0. The van der Waals surface area contributed by atoms with Crippen LogP contribution in [0.3, 0.4) is 0 Å². The Morgan fingerprint density at radius 1 is 0.913 bits per heavy atom. The Bertz CT molecular complexity index is 741. The van der Waals surface area contributed by atoms with Crippen molar-refractivity contribution in [2.45, 2.75) is 6.92 Å². The molecule has 4 N–H and O–H groups in total. The molecule has 0 radical (unpaired) electrons. The molecular weight excluding hydrogens is 300 g/mol. The van der Waals surface area contributed by atoms with Gasteiger partial charge in [0.25, 0.3) is 0 Å². The second-order valence-electron chi connectivity index (χ2n) is 4.74. The van der Waals surface area contributed by atoms with Crippen LogP contribution in [0.15, 0.2) is 30.3 Å². The lowest BCUT2D eigenvalue weighted by Gasteiger charge is -2.07. The molecule has 0 unspecified atom stereocenters. The number of carbonyl (C=O) groups excluding carboxylic acids is 1. The summed E-state index contributed by atoms with van der Waals surface area (Å²) in [6.45, 7) is 1.75. The zero-order valence-corrected chi connectivity index (χ0v) is 12.4. The van der Waals surface area contributed by atoms with Crippen LogP contribution in [-0.2, 0) is 4.74 Å². The van der Waals surface area contributed by atoms with Crippen molar-refractivity contribution in [3.05, 3.63) is 47.0 Å². The minimum Gasteiger partial charge on any atom is -0.507 e. The molecule has 6 heteroatoms. The number of carbonyl (C=O) groups is 1. The molecule has 0 fully saturated rings. The van der Waals surface area contributed by atoms with Crippen LogP contribution >= 0.6 is 0 Å². The Morgan fingerprint density at radius 3 is 2.04 bits per heavy atom. The van der Waals surface area contributed by atoms with Crippen LogP contribution in [0.1, 0.15) is 28.4 Å². The molecule has 2 rings (SSSR count). The van der Waals surface area contributed by atoms with E-state index in [1.807, 2.05) is 0 Å². The summed E-state index contributed by atoms with van der Waals surface area (Å²) < 4.78 is 4.75. The van der Waals surface area contributed by atoms with Crippen molar-refractivity contribution >= 4 is 18.1 Å². The normalized spacial score (nSPS) is 10.8. The minimum atomic E-state index is -0.804.